The Morgan fingerprint density at radius 2 is 1.92 bits per heavy atom. The molecule has 0 saturated carbocycles. The molecule has 1 atom stereocenters. The van der Waals surface area contributed by atoms with Crippen molar-refractivity contribution < 1.29 is 18.3 Å². The molecule has 130 valence electrons. The molecule has 8 heteroatoms. The van der Waals surface area contributed by atoms with Crippen molar-refractivity contribution >= 4 is 40.2 Å². The van der Waals surface area contributed by atoms with Crippen molar-refractivity contribution in [2.45, 2.75) is 19.6 Å². The van der Waals surface area contributed by atoms with Crippen LogP contribution in [0.2, 0.25) is 10.0 Å². The lowest BCUT2D eigenvalue weighted by molar-refractivity contribution is 0.0233. The normalized spacial score (nSPS) is 12.6. The third kappa shape index (κ3) is 3.45. The number of hydrogen-bond acceptors (Lipinski definition) is 3. The highest BCUT2D eigenvalue weighted by molar-refractivity contribution is 6.36. The topological polar surface area (TPSA) is 44.1 Å². The van der Waals surface area contributed by atoms with Gasteiger partial charge in [0.15, 0.2) is 11.9 Å². The summed E-state index contributed by atoms with van der Waals surface area (Å²) in [5, 5.41) is 0.487. The minimum Gasteiger partial charge on any atom is -0.451 e. The van der Waals surface area contributed by atoms with Crippen molar-refractivity contribution in [1.82, 2.24) is 9.55 Å². The molecule has 0 aliphatic heterocycles. The fourth-order valence-electron chi connectivity index (χ4n) is 2.49. The van der Waals surface area contributed by atoms with Crippen LogP contribution in [0.4, 0.5) is 8.78 Å². The van der Waals surface area contributed by atoms with Crippen LogP contribution in [0.3, 0.4) is 0 Å². The van der Waals surface area contributed by atoms with Gasteiger partial charge in [0.2, 0.25) is 0 Å². The van der Waals surface area contributed by atoms with Crippen molar-refractivity contribution in [3.63, 3.8) is 0 Å². The molecule has 3 aromatic rings. The molecule has 2 aromatic carbocycles. The van der Waals surface area contributed by atoms with Gasteiger partial charge in [-0.3, -0.25) is 4.57 Å². The Kier molecular flexibility index (Phi) is 4.92. The highest BCUT2D eigenvalue weighted by atomic mass is 35.5. The van der Waals surface area contributed by atoms with Gasteiger partial charge in [0.1, 0.15) is 0 Å². The van der Waals surface area contributed by atoms with Crippen LogP contribution < -0.4 is 0 Å². The first-order valence-electron chi connectivity index (χ1n) is 7.29. The second-order valence-corrected chi connectivity index (χ2v) is 6.12. The second kappa shape index (κ2) is 6.98. The summed E-state index contributed by atoms with van der Waals surface area (Å²) in [6.07, 6.45) is -0.999. The number of aromatic nitrogens is 2. The van der Waals surface area contributed by atoms with Crippen LogP contribution in [0.5, 0.6) is 0 Å². The minimum atomic E-state index is -2.82. The van der Waals surface area contributed by atoms with Crippen LogP contribution in [-0.4, -0.2) is 15.5 Å². The van der Waals surface area contributed by atoms with Crippen molar-refractivity contribution in [3.05, 3.63) is 63.9 Å². The van der Waals surface area contributed by atoms with E-state index in [0.29, 0.717) is 10.5 Å². The van der Waals surface area contributed by atoms with Gasteiger partial charge in [-0.15, -0.1) is 0 Å². The number of imidazole rings is 1. The fraction of sp³-hybridized carbons (Fsp3) is 0.176. The van der Waals surface area contributed by atoms with Crippen molar-refractivity contribution in [3.8, 4) is 0 Å². The molecule has 1 heterocycles. The molecule has 0 fully saturated rings. The number of para-hydroxylation sites is 2. The van der Waals surface area contributed by atoms with Crippen LogP contribution in [-0.2, 0) is 4.74 Å². The van der Waals surface area contributed by atoms with E-state index in [1.807, 2.05) is 0 Å². The van der Waals surface area contributed by atoms with Gasteiger partial charge in [-0.1, -0.05) is 35.3 Å². The number of nitrogens with zero attached hydrogens (tertiary/aromatic N) is 2. The molecule has 0 N–H and O–H groups in total. The molecule has 25 heavy (non-hydrogen) atoms. The van der Waals surface area contributed by atoms with E-state index in [2.05, 4.69) is 4.98 Å². The fourth-order valence-corrected chi connectivity index (χ4v) is 2.97. The molecule has 0 bridgehead atoms. The second-order valence-electron chi connectivity index (χ2n) is 5.28. The third-order valence-corrected chi connectivity index (χ3v) is 4.16. The highest BCUT2D eigenvalue weighted by Crippen LogP contribution is 2.29. The summed E-state index contributed by atoms with van der Waals surface area (Å²) >= 11 is 11.8. The average molecular weight is 385 g/mol. The van der Waals surface area contributed by atoms with E-state index >= 15 is 0 Å². The van der Waals surface area contributed by atoms with Crippen LogP contribution in [0, 0.1) is 0 Å². The Labute approximate surface area is 151 Å². The van der Waals surface area contributed by atoms with Gasteiger partial charge in [0.05, 0.1) is 21.6 Å². The lowest BCUT2D eigenvalue weighted by Crippen LogP contribution is -2.15. The zero-order valence-corrected chi connectivity index (χ0v) is 14.4. The maximum absolute atomic E-state index is 13.5. The molecule has 0 aliphatic rings. The number of halogens is 4. The van der Waals surface area contributed by atoms with Gasteiger partial charge >= 0.3 is 12.5 Å². The van der Waals surface area contributed by atoms with Gasteiger partial charge in [-0.25, -0.2) is 9.78 Å². The minimum absolute atomic E-state index is 0.0466. The van der Waals surface area contributed by atoms with Crippen LogP contribution in [0.25, 0.3) is 11.0 Å². The maximum atomic E-state index is 13.5. The van der Waals surface area contributed by atoms with Gasteiger partial charge in [0, 0.05) is 5.02 Å². The summed E-state index contributed by atoms with van der Waals surface area (Å²) in [6.45, 7) is -1.34. The Hall–Kier alpha value is -2.18. The Morgan fingerprint density at radius 1 is 1.20 bits per heavy atom. The maximum Gasteiger partial charge on any atom is 0.340 e. The predicted octanol–water partition coefficient (Wildman–Crippen LogP) is 5.66. The van der Waals surface area contributed by atoms with Gasteiger partial charge < -0.3 is 4.74 Å². The summed E-state index contributed by atoms with van der Waals surface area (Å²) in [5.41, 5.74) is 0.753. The lowest BCUT2D eigenvalue weighted by atomic mass is 10.2. The quantitative estimate of drug-likeness (QED) is 0.545. The zero-order chi connectivity index (χ0) is 18.1. The Balaban J connectivity index is 1.93. The van der Waals surface area contributed by atoms with Crippen LogP contribution in [0.15, 0.2) is 42.5 Å². The standard InChI is InChI=1S/C17H12Cl2F2N2O2/c1-9(25-16(24)11-7-6-10(18)8-12(11)19)15-22-13-4-2-3-5-14(13)23(15)17(20)21/h2-9,17H,1H3. The molecule has 1 unspecified atom stereocenters. The van der Waals surface area contributed by atoms with Crippen molar-refractivity contribution in [2.24, 2.45) is 0 Å². The Morgan fingerprint density at radius 3 is 2.60 bits per heavy atom. The smallest absolute Gasteiger partial charge is 0.340 e. The first-order valence-corrected chi connectivity index (χ1v) is 8.05. The largest absolute Gasteiger partial charge is 0.451 e. The Bertz CT molecular complexity index is 944. The van der Waals surface area contributed by atoms with E-state index < -0.39 is 18.6 Å². The van der Waals surface area contributed by atoms with Crippen molar-refractivity contribution in [2.75, 3.05) is 0 Å². The van der Waals surface area contributed by atoms with E-state index in [9.17, 15) is 13.6 Å². The molecule has 0 amide bonds. The summed E-state index contributed by atoms with van der Waals surface area (Å²) in [4.78, 5) is 16.5. The number of ether oxygens (including phenoxy) is 1. The van der Waals surface area contributed by atoms with Gasteiger partial charge in [-0.05, 0) is 37.3 Å². The first kappa shape index (κ1) is 17.6. The molecule has 4 nitrogen and oxygen atoms in total. The number of alkyl halides is 2. The molecule has 0 saturated heterocycles. The number of carbonyl (C=O) groups excluding carboxylic acids is 1. The molecular weight excluding hydrogens is 373 g/mol. The summed E-state index contributed by atoms with van der Waals surface area (Å²) in [5.74, 6) is -0.795. The molecule has 3 rings (SSSR count). The summed E-state index contributed by atoms with van der Waals surface area (Å²) < 4.78 is 33.0. The number of carbonyl (C=O) groups is 1. The number of fused-ring (bicyclic) bond motifs is 1. The van der Waals surface area contributed by atoms with E-state index in [-0.39, 0.29) is 21.9 Å². The van der Waals surface area contributed by atoms with Gasteiger partial charge in [-0.2, -0.15) is 8.78 Å². The first-order chi connectivity index (χ1) is 11.9. The number of esters is 1. The molecule has 1 aromatic heterocycles. The predicted molar refractivity (Wildman–Crippen MR) is 91.3 cm³/mol. The molecule has 0 spiro atoms. The zero-order valence-electron chi connectivity index (χ0n) is 12.9. The molecule has 0 aliphatic carbocycles. The number of rotatable bonds is 4. The molecule has 0 radical (unpaired) electrons. The summed E-state index contributed by atoms with van der Waals surface area (Å²) in [6, 6.07) is 10.8. The lowest BCUT2D eigenvalue weighted by Gasteiger charge is -2.15. The van der Waals surface area contributed by atoms with Gasteiger partial charge in [0.25, 0.3) is 0 Å². The number of benzene rings is 2. The van der Waals surface area contributed by atoms with Crippen LogP contribution in [0.1, 0.15) is 35.8 Å². The van der Waals surface area contributed by atoms with E-state index in [0.717, 1.165) is 4.57 Å². The van der Waals surface area contributed by atoms with E-state index in [1.54, 1.807) is 18.2 Å². The van der Waals surface area contributed by atoms with E-state index in [4.69, 9.17) is 27.9 Å². The van der Waals surface area contributed by atoms with Crippen molar-refractivity contribution in [1.29, 1.82) is 0 Å². The summed E-state index contributed by atoms with van der Waals surface area (Å²) in [7, 11) is 0. The monoisotopic (exact) mass is 384 g/mol. The third-order valence-electron chi connectivity index (χ3n) is 3.62. The number of hydrogen-bond donors (Lipinski definition) is 0. The highest BCUT2D eigenvalue weighted by Gasteiger charge is 2.25. The SMILES string of the molecule is CC(OC(=O)c1ccc(Cl)cc1Cl)c1nc2ccccc2n1C(F)F. The van der Waals surface area contributed by atoms with E-state index in [1.165, 1.54) is 31.2 Å². The average Bonchev–Trinajstić information content (AvgIpc) is 2.94. The molecular formula is C17H12Cl2F2N2O2. The van der Waals surface area contributed by atoms with Crippen LogP contribution >= 0.6 is 23.2 Å².